The van der Waals surface area contributed by atoms with Crippen molar-refractivity contribution in [3.8, 4) is 5.69 Å². The number of fused-ring (bicyclic) bond motifs is 3. The summed E-state index contributed by atoms with van der Waals surface area (Å²) in [5.41, 5.74) is 2.53. The van der Waals surface area contributed by atoms with Gasteiger partial charge in [-0.3, -0.25) is 14.2 Å². The number of hydrogen-bond donors (Lipinski definition) is 1. The van der Waals surface area contributed by atoms with Gasteiger partial charge in [0.1, 0.15) is 5.03 Å². The van der Waals surface area contributed by atoms with Crippen LogP contribution in [0.25, 0.3) is 5.69 Å². The smallest absolute Gasteiger partial charge is 0.263 e. The molecule has 2 aromatic carbocycles. The second kappa shape index (κ2) is 9.95. The number of rotatable bonds is 6. The Balaban J connectivity index is 1.43. The molecule has 170 valence electrons. The first kappa shape index (κ1) is 22.6. The Morgan fingerprint density at radius 3 is 2.79 bits per heavy atom. The molecule has 1 N–H and O–H groups in total. The van der Waals surface area contributed by atoms with Gasteiger partial charge in [0.2, 0.25) is 5.91 Å². The third-order valence-electron chi connectivity index (χ3n) is 6.12. The minimum atomic E-state index is -0.0995. The molecule has 5 rings (SSSR count). The molecular formula is C25H24ClN3O2S2. The second-order valence-corrected chi connectivity index (χ2v) is 10.9. The molecule has 2 atom stereocenters. The highest BCUT2D eigenvalue weighted by Crippen LogP contribution is 2.50. The van der Waals surface area contributed by atoms with Gasteiger partial charge in [-0.15, -0.1) is 11.8 Å². The van der Waals surface area contributed by atoms with Crippen LogP contribution in [0.4, 0.5) is 0 Å². The summed E-state index contributed by atoms with van der Waals surface area (Å²) in [7, 11) is 0. The molecule has 1 aliphatic carbocycles. The van der Waals surface area contributed by atoms with Gasteiger partial charge in [-0.1, -0.05) is 72.6 Å². The summed E-state index contributed by atoms with van der Waals surface area (Å²) >= 11 is 9.26. The van der Waals surface area contributed by atoms with E-state index in [0.717, 1.165) is 35.4 Å². The fraction of sp³-hybridized carbons (Fsp3) is 0.320. The molecule has 2 heterocycles. The van der Waals surface area contributed by atoms with Crippen LogP contribution in [0.2, 0.25) is 5.02 Å². The molecule has 1 saturated carbocycles. The number of amides is 1. The molecular weight excluding hydrogens is 474 g/mol. The van der Waals surface area contributed by atoms with Crippen LogP contribution >= 0.6 is 35.1 Å². The maximum absolute atomic E-state index is 13.8. The molecule has 0 unspecified atom stereocenters. The second-order valence-electron chi connectivity index (χ2n) is 8.33. The fourth-order valence-corrected chi connectivity index (χ4v) is 7.12. The summed E-state index contributed by atoms with van der Waals surface area (Å²) in [4.78, 5) is 31.2. The van der Waals surface area contributed by atoms with E-state index in [1.807, 2.05) is 42.5 Å². The van der Waals surface area contributed by atoms with E-state index in [4.69, 9.17) is 16.6 Å². The predicted octanol–water partition coefficient (Wildman–Crippen LogP) is 5.43. The zero-order chi connectivity index (χ0) is 22.8. The maximum atomic E-state index is 13.8. The molecule has 1 aliphatic heterocycles. The van der Waals surface area contributed by atoms with Gasteiger partial charge in [0.05, 0.1) is 17.0 Å². The zero-order valence-electron chi connectivity index (χ0n) is 18.0. The first-order valence-corrected chi connectivity index (χ1v) is 13.4. The third kappa shape index (κ3) is 4.86. The lowest BCUT2D eigenvalue weighted by atomic mass is 9.85. The van der Waals surface area contributed by atoms with Gasteiger partial charge in [-0.05, 0) is 36.6 Å². The van der Waals surface area contributed by atoms with E-state index in [0.29, 0.717) is 27.7 Å². The van der Waals surface area contributed by atoms with Crippen molar-refractivity contribution in [3.63, 3.8) is 0 Å². The first-order chi connectivity index (χ1) is 16.1. The van der Waals surface area contributed by atoms with Crippen molar-refractivity contribution in [2.75, 3.05) is 5.75 Å². The molecule has 1 amide bonds. The molecule has 5 nitrogen and oxygen atoms in total. The van der Waals surface area contributed by atoms with Crippen LogP contribution < -0.4 is 10.9 Å². The lowest BCUT2D eigenvalue weighted by Gasteiger charge is -2.24. The van der Waals surface area contributed by atoms with Crippen molar-refractivity contribution in [2.45, 2.75) is 53.6 Å². The van der Waals surface area contributed by atoms with Gasteiger partial charge in [0, 0.05) is 22.7 Å². The monoisotopic (exact) mass is 497 g/mol. The van der Waals surface area contributed by atoms with E-state index in [9.17, 15) is 9.59 Å². The zero-order valence-corrected chi connectivity index (χ0v) is 20.4. The molecule has 0 bridgehead atoms. The van der Waals surface area contributed by atoms with Gasteiger partial charge >= 0.3 is 0 Å². The average Bonchev–Trinajstić information content (AvgIpc) is 3.21. The number of carbonyl (C=O) groups excluding carboxylic acids is 1. The van der Waals surface area contributed by atoms with Crippen LogP contribution in [-0.4, -0.2) is 26.5 Å². The van der Waals surface area contributed by atoms with Gasteiger partial charge in [-0.2, -0.15) is 0 Å². The Hall–Kier alpha value is -2.22. The van der Waals surface area contributed by atoms with Gasteiger partial charge in [0.25, 0.3) is 5.56 Å². The Kier molecular flexibility index (Phi) is 6.81. The number of hydrogen-bond acceptors (Lipinski definition) is 5. The molecule has 0 saturated heterocycles. The van der Waals surface area contributed by atoms with E-state index in [1.165, 1.54) is 18.2 Å². The number of halogens is 1. The normalized spacial score (nSPS) is 19.1. The highest BCUT2D eigenvalue weighted by molar-refractivity contribution is 8.00. The molecule has 1 aromatic heterocycles. The van der Waals surface area contributed by atoms with Crippen molar-refractivity contribution < 1.29 is 4.79 Å². The Labute approximate surface area is 206 Å². The van der Waals surface area contributed by atoms with E-state index < -0.39 is 0 Å². The van der Waals surface area contributed by atoms with Crippen LogP contribution in [0.5, 0.6) is 0 Å². The number of thioether (sulfide) groups is 2. The maximum Gasteiger partial charge on any atom is 0.263 e. The summed E-state index contributed by atoms with van der Waals surface area (Å²) in [5.74, 6) is 0.339. The molecule has 1 fully saturated rings. The molecule has 3 aromatic rings. The SMILES string of the molecule is O=C(CSc1nc2c(c(=O)n1-c1cccc(Cl)c1)[C@@H]1CCCC[C@@H]1S2)NCc1ccccc1. The fourth-order valence-electron chi connectivity index (χ4n) is 4.53. The van der Waals surface area contributed by atoms with Crippen LogP contribution in [0.1, 0.15) is 42.7 Å². The summed E-state index contributed by atoms with van der Waals surface area (Å²) in [6.07, 6.45) is 4.50. The van der Waals surface area contributed by atoms with E-state index in [2.05, 4.69) is 5.32 Å². The largest absolute Gasteiger partial charge is 0.351 e. The lowest BCUT2D eigenvalue weighted by molar-refractivity contribution is -0.118. The van der Waals surface area contributed by atoms with Crippen LogP contribution in [0.15, 0.2) is 69.6 Å². The van der Waals surface area contributed by atoms with Crippen molar-refractivity contribution in [3.05, 3.63) is 81.1 Å². The minimum Gasteiger partial charge on any atom is -0.351 e. The standard InChI is InChI=1S/C25H24ClN3O2S2/c26-17-9-6-10-18(13-17)29-24(31)22-19-11-4-5-12-20(19)33-23(22)28-25(29)32-15-21(30)27-14-16-7-2-1-3-8-16/h1-3,6-10,13,19-20H,4-5,11-12,14-15H2,(H,27,30)/t19-,20+/m1/s1. The predicted molar refractivity (Wildman–Crippen MR) is 135 cm³/mol. The van der Waals surface area contributed by atoms with Crippen molar-refractivity contribution in [1.29, 1.82) is 0 Å². The van der Waals surface area contributed by atoms with E-state index in [-0.39, 0.29) is 23.1 Å². The highest BCUT2D eigenvalue weighted by Gasteiger charge is 2.39. The first-order valence-electron chi connectivity index (χ1n) is 11.1. The molecule has 8 heteroatoms. The van der Waals surface area contributed by atoms with Crippen LogP contribution in [0, 0.1) is 0 Å². The summed E-state index contributed by atoms with van der Waals surface area (Å²) in [5, 5.41) is 5.29. The number of benzene rings is 2. The van der Waals surface area contributed by atoms with E-state index in [1.54, 1.807) is 28.5 Å². The van der Waals surface area contributed by atoms with Gasteiger partial charge in [0.15, 0.2) is 5.16 Å². The molecule has 0 spiro atoms. The Bertz CT molecular complexity index is 1230. The van der Waals surface area contributed by atoms with Gasteiger partial charge in [-0.25, -0.2) is 4.98 Å². The molecule has 0 radical (unpaired) electrons. The highest BCUT2D eigenvalue weighted by atomic mass is 35.5. The molecule has 2 aliphatic rings. The Morgan fingerprint density at radius 1 is 1.15 bits per heavy atom. The average molecular weight is 498 g/mol. The van der Waals surface area contributed by atoms with Gasteiger partial charge < -0.3 is 5.32 Å². The van der Waals surface area contributed by atoms with Crippen LogP contribution in [0.3, 0.4) is 0 Å². The van der Waals surface area contributed by atoms with E-state index >= 15 is 0 Å². The number of carbonyl (C=O) groups is 1. The van der Waals surface area contributed by atoms with Crippen molar-refractivity contribution >= 4 is 41.0 Å². The lowest BCUT2D eigenvalue weighted by Crippen LogP contribution is -2.29. The number of nitrogens with zero attached hydrogens (tertiary/aromatic N) is 2. The number of aromatic nitrogens is 2. The Morgan fingerprint density at radius 2 is 1.97 bits per heavy atom. The third-order valence-corrected chi connectivity index (χ3v) is 8.70. The van der Waals surface area contributed by atoms with Crippen molar-refractivity contribution in [1.82, 2.24) is 14.9 Å². The molecule has 33 heavy (non-hydrogen) atoms. The minimum absolute atomic E-state index is 0.0311. The summed E-state index contributed by atoms with van der Waals surface area (Å²) in [6, 6.07) is 17.0. The topological polar surface area (TPSA) is 64.0 Å². The van der Waals surface area contributed by atoms with Crippen molar-refractivity contribution in [2.24, 2.45) is 0 Å². The van der Waals surface area contributed by atoms with Crippen LogP contribution in [-0.2, 0) is 11.3 Å². The number of nitrogens with one attached hydrogen (secondary N) is 1. The summed E-state index contributed by atoms with van der Waals surface area (Å²) in [6.45, 7) is 0.470. The quantitative estimate of drug-likeness (QED) is 0.279. The summed E-state index contributed by atoms with van der Waals surface area (Å²) < 4.78 is 1.64.